The molecule has 1 aromatic heterocycles. The molecule has 2 aliphatic heterocycles. The highest BCUT2D eigenvalue weighted by atomic mass is 28.4. The molecule has 5 rings (SSSR count). The van der Waals surface area contributed by atoms with Crippen LogP contribution in [0.2, 0.25) is 0 Å². The van der Waals surface area contributed by atoms with Crippen molar-refractivity contribution in [3.63, 3.8) is 0 Å². The van der Waals surface area contributed by atoms with Crippen molar-refractivity contribution in [1.82, 2.24) is 14.5 Å². The summed E-state index contributed by atoms with van der Waals surface area (Å²) >= 11 is 0. The van der Waals surface area contributed by atoms with Gasteiger partial charge in [0.2, 0.25) is 0 Å². The second-order valence-corrected chi connectivity index (χ2v) is 14.9. The van der Waals surface area contributed by atoms with Gasteiger partial charge in [-0.05, 0) is 28.9 Å². The maximum Gasteiger partial charge on any atom is 0.351 e. The zero-order chi connectivity index (χ0) is 27.3. The van der Waals surface area contributed by atoms with Gasteiger partial charge in [-0.15, -0.1) is 0 Å². The standard InChI is InChI=1S/C28H34N4O5Si/c1-27(2)20-13-9-10-14-22(20)38(27,19-11-7-6-8-12-19)36-17-21-24(33)28(3,35)25(37-21)32-16-15-23(30-26(32)34)29-18-31(4)5/h6-16,18,21,24-25,33,35H,17H2,1-5H3/t21-,24?,25-,28?,38?/m1/s1. The van der Waals surface area contributed by atoms with Crippen LogP contribution in [-0.2, 0) is 14.2 Å². The molecule has 5 atom stereocenters. The zero-order valence-electron chi connectivity index (χ0n) is 22.3. The SMILES string of the molecule is CN(C)C=Nc1ccn([C@@H]2O[C@H](CO[Si]3(c4ccccc4)c4ccccc4C3(C)C)C(O)C2(C)O)c(=O)n1. The summed E-state index contributed by atoms with van der Waals surface area (Å²) in [6.07, 6.45) is -0.277. The maximum absolute atomic E-state index is 12.8. The number of hydrogen-bond acceptors (Lipinski definition) is 7. The van der Waals surface area contributed by atoms with E-state index in [2.05, 4.69) is 48.1 Å². The lowest BCUT2D eigenvalue weighted by atomic mass is 9.96. The molecule has 10 heteroatoms. The van der Waals surface area contributed by atoms with Crippen molar-refractivity contribution in [3.05, 3.63) is 82.9 Å². The molecule has 1 saturated heterocycles. The Morgan fingerprint density at radius 1 is 1.13 bits per heavy atom. The molecule has 2 aliphatic rings. The van der Waals surface area contributed by atoms with Gasteiger partial charge in [0.25, 0.3) is 8.32 Å². The molecular formula is C28H34N4O5Si. The van der Waals surface area contributed by atoms with Crippen molar-refractivity contribution in [2.45, 2.75) is 49.8 Å². The quantitative estimate of drug-likeness (QED) is 0.265. The monoisotopic (exact) mass is 534 g/mol. The van der Waals surface area contributed by atoms with Gasteiger partial charge >= 0.3 is 5.69 Å². The first-order chi connectivity index (χ1) is 18.0. The molecule has 0 radical (unpaired) electrons. The van der Waals surface area contributed by atoms with Gasteiger partial charge in [0.15, 0.2) is 12.0 Å². The Hall–Kier alpha value is -3.15. The molecular weight excluding hydrogens is 500 g/mol. The molecule has 0 bridgehead atoms. The third-order valence-electron chi connectivity index (χ3n) is 7.75. The van der Waals surface area contributed by atoms with Crippen LogP contribution in [0.15, 0.2) is 76.6 Å². The van der Waals surface area contributed by atoms with E-state index in [4.69, 9.17) is 9.16 Å². The average Bonchev–Trinajstić information content (AvgIpc) is 3.12. The number of aromatic nitrogens is 2. The van der Waals surface area contributed by atoms with Gasteiger partial charge in [0, 0.05) is 25.3 Å². The summed E-state index contributed by atoms with van der Waals surface area (Å²) < 4.78 is 14.2. The van der Waals surface area contributed by atoms with Gasteiger partial charge in [-0.3, -0.25) is 4.57 Å². The van der Waals surface area contributed by atoms with E-state index in [1.54, 1.807) is 11.0 Å². The fourth-order valence-corrected chi connectivity index (χ4v) is 10.7. The number of fused-ring (bicyclic) bond motifs is 1. The van der Waals surface area contributed by atoms with Crippen LogP contribution in [0.1, 0.15) is 32.6 Å². The van der Waals surface area contributed by atoms with Crippen molar-refractivity contribution in [2.75, 3.05) is 20.7 Å². The van der Waals surface area contributed by atoms with Gasteiger partial charge in [0.05, 0.1) is 12.9 Å². The van der Waals surface area contributed by atoms with Crippen LogP contribution in [0.3, 0.4) is 0 Å². The lowest BCUT2D eigenvalue weighted by molar-refractivity contribution is -0.0984. The third-order valence-corrected chi connectivity index (χ3v) is 12.7. The summed E-state index contributed by atoms with van der Waals surface area (Å²) in [7, 11) is 0.901. The second kappa shape index (κ2) is 9.55. The summed E-state index contributed by atoms with van der Waals surface area (Å²) in [6.45, 7) is 5.91. The van der Waals surface area contributed by atoms with Crippen molar-refractivity contribution in [1.29, 1.82) is 0 Å². The molecule has 9 nitrogen and oxygen atoms in total. The van der Waals surface area contributed by atoms with Crippen LogP contribution in [0.5, 0.6) is 0 Å². The van der Waals surface area contributed by atoms with Gasteiger partial charge in [-0.1, -0.05) is 68.4 Å². The Labute approximate surface area is 223 Å². The Balaban J connectivity index is 1.43. The average molecular weight is 535 g/mol. The van der Waals surface area contributed by atoms with Crippen LogP contribution in [0.25, 0.3) is 0 Å². The molecule has 0 saturated carbocycles. The lowest BCUT2D eigenvalue weighted by Gasteiger charge is -2.55. The zero-order valence-corrected chi connectivity index (χ0v) is 23.3. The van der Waals surface area contributed by atoms with E-state index in [1.807, 2.05) is 44.4 Å². The predicted octanol–water partition coefficient (Wildman–Crippen LogP) is 1.08. The number of ether oxygens (including phenoxy) is 1. The van der Waals surface area contributed by atoms with Crippen molar-refractivity contribution >= 4 is 30.8 Å². The van der Waals surface area contributed by atoms with E-state index >= 15 is 0 Å². The number of aliphatic hydroxyl groups is 2. The van der Waals surface area contributed by atoms with Crippen LogP contribution in [0.4, 0.5) is 5.82 Å². The van der Waals surface area contributed by atoms with E-state index in [-0.39, 0.29) is 17.5 Å². The smallest absolute Gasteiger partial charge is 0.351 e. The highest BCUT2D eigenvalue weighted by Gasteiger charge is 2.64. The molecule has 2 aromatic carbocycles. The Kier molecular flexibility index (Phi) is 6.65. The number of benzene rings is 2. The summed E-state index contributed by atoms with van der Waals surface area (Å²) in [5.74, 6) is 0.236. The van der Waals surface area contributed by atoms with E-state index in [0.717, 1.165) is 5.19 Å². The highest BCUT2D eigenvalue weighted by Crippen LogP contribution is 2.44. The molecule has 1 fully saturated rings. The second-order valence-electron chi connectivity index (χ2n) is 10.9. The van der Waals surface area contributed by atoms with E-state index in [9.17, 15) is 15.0 Å². The molecule has 3 unspecified atom stereocenters. The van der Waals surface area contributed by atoms with Gasteiger partial charge < -0.3 is 24.3 Å². The largest absolute Gasteiger partial charge is 0.404 e. The fraction of sp³-hybridized carbons (Fsp3) is 0.393. The van der Waals surface area contributed by atoms with E-state index < -0.39 is 38.0 Å². The number of rotatable bonds is 7. The maximum atomic E-state index is 12.8. The van der Waals surface area contributed by atoms with E-state index in [1.165, 1.54) is 34.8 Å². The molecule has 0 amide bonds. The molecule has 38 heavy (non-hydrogen) atoms. The van der Waals surface area contributed by atoms with Crippen LogP contribution in [0, 0.1) is 0 Å². The number of aliphatic hydroxyl groups excluding tert-OH is 1. The van der Waals surface area contributed by atoms with Crippen molar-refractivity contribution in [2.24, 2.45) is 4.99 Å². The fourth-order valence-electron chi connectivity index (χ4n) is 5.74. The molecule has 3 aromatic rings. The molecule has 0 spiro atoms. The first kappa shape index (κ1) is 26.5. The van der Waals surface area contributed by atoms with Crippen molar-refractivity contribution < 1.29 is 19.4 Å². The summed E-state index contributed by atoms with van der Waals surface area (Å²) in [4.78, 5) is 22.7. The summed E-state index contributed by atoms with van der Waals surface area (Å²) in [5, 5.41) is 24.5. The molecule has 2 N–H and O–H groups in total. The number of hydrogen-bond donors (Lipinski definition) is 2. The normalized spacial score (nSPS) is 29.7. The molecule has 200 valence electrons. The van der Waals surface area contributed by atoms with Gasteiger partial charge in [0.1, 0.15) is 17.8 Å². The van der Waals surface area contributed by atoms with Gasteiger partial charge in [-0.25, -0.2) is 9.79 Å². The Morgan fingerprint density at radius 3 is 2.50 bits per heavy atom. The minimum atomic E-state index is -2.72. The summed E-state index contributed by atoms with van der Waals surface area (Å²) in [5.41, 5.74) is -1.13. The van der Waals surface area contributed by atoms with Gasteiger partial charge in [-0.2, -0.15) is 4.98 Å². The first-order valence-corrected chi connectivity index (χ1v) is 14.6. The first-order valence-electron chi connectivity index (χ1n) is 12.7. The van der Waals surface area contributed by atoms with E-state index in [0.29, 0.717) is 0 Å². The topological polar surface area (TPSA) is 109 Å². The predicted molar refractivity (Wildman–Crippen MR) is 148 cm³/mol. The summed E-state index contributed by atoms with van der Waals surface area (Å²) in [6, 6.07) is 20.1. The Morgan fingerprint density at radius 2 is 1.82 bits per heavy atom. The highest BCUT2D eigenvalue weighted by molar-refractivity contribution is 7.03. The third kappa shape index (κ3) is 4.04. The molecule has 3 heterocycles. The van der Waals surface area contributed by atoms with Crippen LogP contribution >= 0.6 is 0 Å². The lowest BCUT2D eigenvalue weighted by Crippen LogP contribution is -2.81. The number of aliphatic imine (C=N–C) groups is 1. The Bertz CT molecular complexity index is 1410. The number of nitrogens with zero attached hydrogens (tertiary/aromatic N) is 4. The molecule has 0 aliphatic carbocycles. The minimum absolute atomic E-state index is 0.0556. The van der Waals surface area contributed by atoms with Crippen LogP contribution in [-0.4, -0.2) is 77.8 Å². The van der Waals surface area contributed by atoms with Crippen molar-refractivity contribution in [3.8, 4) is 0 Å². The van der Waals surface area contributed by atoms with Crippen LogP contribution < -0.4 is 16.1 Å². The minimum Gasteiger partial charge on any atom is -0.404 e.